The van der Waals surface area contributed by atoms with E-state index in [1.165, 1.54) is 24.3 Å². The molecule has 2 rings (SSSR count). The second kappa shape index (κ2) is 4.91. The van der Waals surface area contributed by atoms with Crippen molar-refractivity contribution < 1.29 is 5.11 Å². The lowest BCUT2D eigenvalue weighted by atomic mass is 10.2. The summed E-state index contributed by atoms with van der Waals surface area (Å²) in [7, 11) is 0. The van der Waals surface area contributed by atoms with Gasteiger partial charge < -0.3 is 5.11 Å². The van der Waals surface area contributed by atoms with Gasteiger partial charge in [0.1, 0.15) is 0 Å². The van der Waals surface area contributed by atoms with Crippen molar-refractivity contribution in [3.63, 3.8) is 0 Å². The average molecular weight is 211 g/mol. The normalized spacial score (nSPS) is 23.1. The smallest absolute Gasteiger partial charge is 0.0443 e. The van der Waals surface area contributed by atoms with Crippen molar-refractivity contribution in [3.8, 4) is 0 Å². The summed E-state index contributed by atoms with van der Waals surface area (Å²) in [6, 6.07) is 4.98. The molecule has 2 nitrogen and oxygen atoms in total. The first kappa shape index (κ1) is 10.1. The molecular weight excluding hydrogens is 194 g/mol. The standard InChI is InChI=1S/C11H17NOS/c13-8-3-7-12-6-1-4-10(12)11-5-2-9-14-11/h2,5,9-10,13H,1,3-4,6-8H2. The minimum absolute atomic E-state index is 0.313. The monoisotopic (exact) mass is 211 g/mol. The van der Waals surface area contributed by atoms with Gasteiger partial charge >= 0.3 is 0 Å². The molecule has 0 saturated carbocycles. The Labute approximate surface area is 89.2 Å². The maximum atomic E-state index is 8.82. The quantitative estimate of drug-likeness (QED) is 0.826. The minimum Gasteiger partial charge on any atom is -0.396 e. The number of hydrogen-bond acceptors (Lipinski definition) is 3. The summed E-state index contributed by atoms with van der Waals surface area (Å²) in [6.45, 7) is 2.55. The van der Waals surface area contributed by atoms with Crippen molar-refractivity contribution in [3.05, 3.63) is 22.4 Å². The van der Waals surface area contributed by atoms with E-state index in [0.717, 1.165) is 13.0 Å². The molecule has 0 aliphatic carbocycles. The Morgan fingerprint density at radius 1 is 1.57 bits per heavy atom. The molecule has 1 atom stereocenters. The first-order chi connectivity index (χ1) is 6.92. The van der Waals surface area contributed by atoms with Crippen LogP contribution in [-0.2, 0) is 0 Å². The fourth-order valence-corrected chi connectivity index (χ4v) is 3.07. The number of rotatable bonds is 4. The Bertz CT molecular complexity index is 260. The minimum atomic E-state index is 0.313. The van der Waals surface area contributed by atoms with Gasteiger partial charge in [0.2, 0.25) is 0 Å². The molecule has 2 heterocycles. The molecule has 1 aromatic heterocycles. The maximum absolute atomic E-state index is 8.82. The van der Waals surface area contributed by atoms with E-state index in [0.29, 0.717) is 12.6 Å². The molecular formula is C11H17NOS. The fourth-order valence-electron chi connectivity index (χ4n) is 2.17. The van der Waals surface area contributed by atoms with Crippen LogP contribution < -0.4 is 0 Å². The molecule has 1 aliphatic rings. The van der Waals surface area contributed by atoms with E-state index in [9.17, 15) is 0 Å². The lowest BCUT2D eigenvalue weighted by Crippen LogP contribution is -2.24. The molecule has 3 heteroatoms. The molecule has 1 aromatic rings. The van der Waals surface area contributed by atoms with Crippen LogP contribution in [0.2, 0.25) is 0 Å². The van der Waals surface area contributed by atoms with Crippen LogP contribution >= 0.6 is 11.3 Å². The molecule has 1 fully saturated rings. The molecule has 1 aliphatic heterocycles. The van der Waals surface area contributed by atoms with Gasteiger partial charge in [-0.1, -0.05) is 6.07 Å². The van der Waals surface area contributed by atoms with Crippen LogP contribution in [-0.4, -0.2) is 29.7 Å². The zero-order valence-corrected chi connectivity index (χ0v) is 9.17. The van der Waals surface area contributed by atoms with Crippen LogP contribution in [0.5, 0.6) is 0 Å². The van der Waals surface area contributed by atoms with E-state index in [-0.39, 0.29) is 0 Å². The van der Waals surface area contributed by atoms with E-state index in [1.807, 2.05) is 11.3 Å². The third-order valence-electron chi connectivity index (χ3n) is 2.84. The van der Waals surface area contributed by atoms with Gasteiger partial charge in [-0.15, -0.1) is 11.3 Å². The van der Waals surface area contributed by atoms with Crippen molar-refractivity contribution in [2.45, 2.75) is 25.3 Å². The highest BCUT2D eigenvalue weighted by molar-refractivity contribution is 7.10. The lowest BCUT2D eigenvalue weighted by Gasteiger charge is -2.22. The Kier molecular flexibility index (Phi) is 3.56. The van der Waals surface area contributed by atoms with Gasteiger partial charge in [0, 0.05) is 24.1 Å². The molecule has 1 saturated heterocycles. The Hall–Kier alpha value is -0.380. The van der Waals surface area contributed by atoms with Crippen LogP contribution in [0.4, 0.5) is 0 Å². The highest BCUT2D eigenvalue weighted by Gasteiger charge is 2.25. The molecule has 1 N–H and O–H groups in total. The third-order valence-corrected chi connectivity index (χ3v) is 3.81. The van der Waals surface area contributed by atoms with Gasteiger partial charge in [0.25, 0.3) is 0 Å². The second-order valence-electron chi connectivity index (χ2n) is 3.79. The van der Waals surface area contributed by atoms with E-state index in [4.69, 9.17) is 5.11 Å². The van der Waals surface area contributed by atoms with Gasteiger partial charge in [0.05, 0.1) is 0 Å². The Morgan fingerprint density at radius 3 is 3.21 bits per heavy atom. The highest BCUT2D eigenvalue weighted by Crippen LogP contribution is 2.34. The predicted molar refractivity (Wildman–Crippen MR) is 59.6 cm³/mol. The number of hydrogen-bond donors (Lipinski definition) is 1. The van der Waals surface area contributed by atoms with Crippen molar-refractivity contribution in [1.82, 2.24) is 4.90 Å². The van der Waals surface area contributed by atoms with Gasteiger partial charge in [-0.05, 0) is 37.3 Å². The number of nitrogens with zero attached hydrogens (tertiary/aromatic N) is 1. The largest absolute Gasteiger partial charge is 0.396 e. The molecule has 78 valence electrons. The zero-order chi connectivity index (χ0) is 9.80. The van der Waals surface area contributed by atoms with E-state index < -0.39 is 0 Å². The first-order valence-electron chi connectivity index (χ1n) is 5.30. The number of likely N-dealkylation sites (tertiary alicyclic amines) is 1. The fraction of sp³-hybridized carbons (Fsp3) is 0.636. The Morgan fingerprint density at radius 2 is 2.50 bits per heavy atom. The summed E-state index contributed by atoms with van der Waals surface area (Å²) in [5, 5.41) is 11.0. The van der Waals surface area contributed by atoms with E-state index >= 15 is 0 Å². The molecule has 0 aromatic carbocycles. The number of aliphatic hydroxyl groups excluding tert-OH is 1. The van der Waals surface area contributed by atoms with Gasteiger partial charge in [-0.3, -0.25) is 4.90 Å². The number of aliphatic hydroxyl groups is 1. The first-order valence-corrected chi connectivity index (χ1v) is 6.18. The summed E-state index contributed by atoms with van der Waals surface area (Å²) in [5.74, 6) is 0. The molecule has 0 bridgehead atoms. The average Bonchev–Trinajstić information content (AvgIpc) is 2.84. The van der Waals surface area contributed by atoms with Crippen LogP contribution in [0.15, 0.2) is 17.5 Å². The van der Waals surface area contributed by atoms with Crippen LogP contribution in [0.25, 0.3) is 0 Å². The van der Waals surface area contributed by atoms with Crippen molar-refractivity contribution in [1.29, 1.82) is 0 Å². The molecule has 14 heavy (non-hydrogen) atoms. The van der Waals surface area contributed by atoms with Gasteiger partial charge in [-0.2, -0.15) is 0 Å². The van der Waals surface area contributed by atoms with Crippen LogP contribution in [0.1, 0.15) is 30.2 Å². The second-order valence-corrected chi connectivity index (χ2v) is 4.77. The predicted octanol–water partition coefficient (Wildman–Crippen LogP) is 2.27. The summed E-state index contributed by atoms with van der Waals surface area (Å²) < 4.78 is 0. The van der Waals surface area contributed by atoms with Gasteiger partial charge in [0.15, 0.2) is 0 Å². The van der Waals surface area contributed by atoms with Crippen molar-refractivity contribution in [2.24, 2.45) is 0 Å². The highest BCUT2D eigenvalue weighted by atomic mass is 32.1. The Balaban J connectivity index is 1.97. The zero-order valence-electron chi connectivity index (χ0n) is 8.35. The van der Waals surface area contributed by atoms with Crippen molar-refractivity contribution >= 4 is 11.3 Å². The summed E-state index contributed by atoms with van der Waals surface area (Å²) in [5.41, 5.74) is 0. The number of thiophene rings is 1. The van der Waals surface area contributed by atoms with Crippen molar-refractivity contribution in [2.75, 3.05) is 19.7 Å². The summed E-state index contributed by atoms with van der Waals surface area (Å²) in [4.78, 5) is 3.99. The topological polar surface area (TPSA) is 23.5 Å². The third kappa shape index (κ3) is 2.16. The van der Waals surface area contributed by atoms with E-state index in [1.54, 1.807) is 0 Å². The molecule has 1 unspecified atom stereocenters. The summed E-state index contributed by atoms with van der Waals surface area (Å²) in [6.07, 6.45) is 3.49. The summed E-state index contributed by atoms with van der Waals surface area (Å²) >= 11 is 1.85. The van der Waals surface area contributed by atoms with Crippen LogP contribution in [0, 0.1) is 0 Å². The molecule has 0 spiro atoms. The SMILES string of the molecule is OCCCN1CCCC1c1cccs1. The van der Waals surface area contributed by atoms with Gasteiger partial charge in [-0.25, -0.2) is 0 Å². The van der Waals surface area contributed by atoms with Crippen LogP contribution in [0.3, 0.4) is 0 Å². The maximum Gasteiger partial charge on any atom is 0.0443 e. The molecule has 0 amide bonds. The molecule has 0 radical (unpaired) electrons. The lowest BCUT2D eigenvalue weighted by molar-refractivity contribution is 0.215. The van der Waals surface area contributed by atoms with E-state index in [2.05, 4.69) is 22.4 Å².